The van der Waals surface area contributed by atoms with Crippen LogP contribution in [0.25, 0.3) is 0 Å². The fourth-order valence-corrected chi connectivity index (χ4v) is 2.43. The zero-order valence-corrected chi connectivity index (χ0v) is 10.8. The highest BCUT2D eigenvalue weighted by Gasteiger charge is 2.21. The highest BCUT2D eigenvalue weighted by Crippen LogP contribution is 2.37. The molecule has 0 spiro atoms. The third kappa shape index (κ3) is 2.36. The van der Waals surface area contributed by atoms with E-state index in [9.17, 15) is 5.11 Å². The lowest BCUT2D eigenvalue weighted by molar-refractivity contribution is 0.175. The average molecular weight is 256 g/mol. The molecule has 1 heterocycles. The smallest absolute Gasteiger partial charge is 0.127 e. The summed E-state index contributed by atoms with van der Waals surface area (Å²) in [5.74, 6) is 1.85. The van der Waals surface area contributed by atoms with Gasteiger partial charge >= 0.3 is 0 Å². The summed E-state index contributed by atoms with van der Waals surface area (Å²) in [5.41, 5.74) is 2.25. The van der Waals surface area contributed by atoms with E-state index in [1.165, 1.54) is 0 Å². The zero-order chi connectivity index (χ0) is 13.2. The molecule has 0 aromatic heterocycles. The van der Waals surface area contributed by atoms with E-state index in [1.807, 2.05) is 30.3 Å². The SMILES string of the molecule is COc1cccc([C@@H]2CCc3ccc(O)cc3O2)c1. The van der Waals surface area contributed by atoms with Gasteiger partial charge in [-0.15, -0.1) is 0 Å². The second kappa shape index (κ2) is 4.84. The van der Waals surface area contributed by atoms with Gasteiger partial charge in [0.25, 0.3) is 0 Å². The van der Waals surface area contributed by atoms with Gasteiger partial charge in [-0.05, 0) is 42.2 Å². The average Bonchev–Trinajstić information content (AvgIpc) is 2.46. The van der Waals surface area contributed by atoms with Crippen LogP contribution in [0, 0.1) is 0 Å². The van der Waals surface area contributed by atoms with Crippen molar-refractivity contribution < 1.29 is 14.6 Å². The van der Waals surface area contributed by atoms with Crippen molar-refractivity contribution in [2.24, 2.45) is 0 Å². The summed E-state index contributed by atoms with van der Waals surface area (Å²) < 4.78 is 11.2. The molecule has 0 aliphatic carbocycles. The fourth-order valence-electron chi connectivity index (χ4n) is 2.43. The Bertz CT molecular complexity index is 592. The molecule has 19 heavy (non-hydrogen) atoms. The molecule has 0 saturated carbocycles. The van der Waals surface area contributed by atoms with Gasteiger partial charge in [-0.1, -0.05) is 18.2 Å². The number of fused-ring (bicyclic) bond motifs is 1. The molecular formula is C16H16O3. The number of ether oxygens (including phenoxy) is 2. The van der Waals surface area contributed by atoms with Crippen molar-refractivity contribution in [2.45, 2.75) is 18.9 Å². The Morgan fingerprint density at radius 1 is 1.21 bits per heavy atom. The Balaban J connectivity index is 1.88. The third-order valence-corrected chi connectivity index (χ3v) is 3.46. The quantitative estimate of drug-likeness (QED) is 0.894. The zero-order valence-electron chi connectivity index (χ0n) is 10.8. The molecule has 0 fully saturated rings. The monoisotopic (exact) mass is 256 g/mol. The van der Waals surface area contributed by atoms with E-state index >= 15 is 0 Å². The van der Waals surface area contributed by atoms with Crippen molar-refractivity contribution in [1.29, 1.82) is 0 Å². The van der Waals surface area contributed by atoms with Crippen LogP contribution in [-0.2, 0) is 6.42 Å². The first-order valence-corrected chi connectivity index (χ1v) is 6.39. The summed E-state index contributed by atoms with van der Waals surface area (Å²) in [5, 5.41) is 9.53. The van der Waals surface area contributed by atoms with Gasteiger partial charge in [0, 0.05) is 6.07 Å². The second-order valence-corrected chi connectivity index (χ2v) is 4.71. The highest BCUT2D eigenvalue weighted by atomic mass is 16.5. The van der Waals surface area contributed by atoms with Crippen LogP contribution < -0.4 is 9.47 Å². The molecule has 2 aromatic rings. The first-order chi connectivity index (χ1) is 9.26. The standard InChI is InChI=1S/C16H16O3/c1-18-14-4-2-3-12(9-14)15-8-6-11-5-7-13(17)10-16(11)19-15/h2-5,7,9-10,15,17H,6,8H2,1H3/t15-/m0/s1. The minimum absolute atomic E-state index is 0.0180. The summed E-state index contributed by atoms with van der Waals surface area (Å²) in [6, 6.07) is 13.2. The largest absolute Gasteiger partial charge is 0.508 e. The number of phenols is 1. The van der Waals surface area contributed by atoms with Gasteiger partial charge in [0.2, 0.25) is 0 Å². The molecule has 98 valence electrons. The van der Waals surface area contributed by atoms with Gasteiger partial charge in [0.05, 0.1) is 7.11 Å². The van der Waals surface area contributed by atoms with E-state index in [1.54, 1.807) is 19.2 Å². The first kappa shape index (κ1) is 11.9. The lowest BCUT2D eigenvalue weighted by Crippen LogP contribution is -2.15. The molecule has 0 radical (unpaired) electrons. The van der Waals surface area contributed by atoms with Gasteiger partial charge in [-0.2, -0.15) is 0 Å². The summed E-state index contributed by atoms with van der Waals surface area (Å²) >= 11 is 0. The maximum absolute atomic E-state index is 9.53. The molecule has 1 atom stereocenters. The molecule has 0 amide bonds. The number of rotatable bonds is 2. The Kier molecular flexibility index (Phi) is 3.03. The second-order valence-electron chi connectivity index (χ2n) is 4.71. The minimum Gasteiger partial charge on any atom is -0.508 e. The number of phenolic OH excluding ortho intramolecular Hbond substituents is 1. The van der Waals surface area contributed by atoms with Crippen LogP contribution in [0.4, 0.5) is 0 Å². The summed E-state index contributed by atoms with van der Waals surface area (Å²) in [6.07, 6.45) is 1.91. The van der Waals surface area contributed by atoms with Crippen LogP contribution in [0.5, 0.6) is 17.2 Å². The molecule has 3 rings (SSSR count). The highest BCUT2D eigenvalue weighted by molar-refractivity contribution is 5.42. The lowest BCUT2D eigenvalue weighted by atomic mass is 9.97. The van der Waals surface area contributed by atoms with Gasteiger partial charge in [-0.3, -0.25) is 0 Å². The Morgan fingerprint density at radius 3 is 2.95 bits per heavy atom. The Morgan fingerprint density at radius 2 is 2.11 bits per heavy atom. The molecule has 3 heteroatoms. The van der Waals surface area contributed by atoms with Crippen LogP contribution in [0.3, 0.4) is 0 Å². The van der Waals surface area contributed by atoms with E-state index in [-0.39, 0.29) is 11.9 Å². The molecule has 1 aliphatic rings. The number of methoxy groups -OCH3 is 1. The predicted octanol–water partition coefficient (Wildman–Crippen LogP) is 3.47. The van der Waals surface area contributed by atoms with E-state index in [0.29, 0.717) is 0 Å². The summed E-state index contributed by atoms with van der Waals surface area (Å²) in [6.45, 7) is 0. The molecule has 1 N–H and O–H groups in total. The normalized spacial score (nSPS) is 17.4. The van der Waals surface area contributed by atoms with Gasteiger partial charge < -0.3 is 14.6 Å². The number of aromatic hydroxyl groups is 1. The van der Waals surface area contributed by atoms with Crippen molar-refractivity contribution in [1.82, 2.24) is 0 Å². The van der Waals surface area contributed by atoms with E-state index < -0.39 is 0 Å². The summed E-state index contributed by atoms with van der Waals surface area (Å²) in [7, 11) is 1.66. The lowest BCUT2D eigenvalue weighted by Gasteiger charge is -2.26. The molecule has 0 bridgehead atoms. The molecule has 3 nitrogen and oxygen atoms in total. The van der Waals surface area contributed by atoms with Gasteiger partial charge in [0.15, 0.2) is 0 Å². The van der Waals surface area contributed by atoms with E-state index in [0.717, 1.165) is 35.5 Å². The van der Waals surface area contributed by atoms with Gasteiger partial charge in [0.1, 0.15) is 23.4 Å². The van der Waals surface area contributed by atoms with Crippen LogP contribution in [0.1, 0.15) is 23.7 Å². The fraction of sp³-hybridized carbons (Fsp3) is 0.250. The van der Waals surface area contributed by atoms with Crippen LogP contribution in [0.2, 0.25) is 0 Å². The van der Waals surface area contributed by atoms with Crippen molar-refractivity contribution in [3.8, 4) is 17.2 Å². The predicted molar refractivity (Wildman–Crippen MR) is 72.8 cm³/mol. The maximum atomic E-state index is 9.53. The van der Waals surface area contributed by atoms with Gasteiger partial charge in [-0.25, -0.2) is 0 Å². The van der Waals surface area contributed by atoms with Crippen molar-refractivity contribution in [3.05, 3.63) is 53.6 Å². The van der Waals surface area contributed by atoms with E-state index in [4.69, 9.17) is 9.47 Å². The maximum Gasteiger partial charge on any atom is 0.127 e. The Hall–Kier alpha value is -2.16. The summed E-state index contributed by atoms with van der Waals surface area (Å²) in [4.78, 5) is 0. The Labute approximate surface area is 112 Å². The molecular weight excluding hydrogens is 240 g/mol. The molecule has 0 unspecified atom stereocenters. The minimum atomic E-state index is 0.0180. The van der Waals surface area contributed by atoms with Crippen molar-refractivity contribution >= 4 is 0 Å². The first-order valence-electron chi connectivity index (χ1n) is 6.39. The van der Waals surface area contributed by atoms with E-state index in [2.05, 4.69) is 0 Å². The number of hydrogen-bond acceptors (Lipinski definition) is 3. The molecule has 2 aromatic carbocycles. The number of benzene rings is 2. The number of aryl methyl sites for hydroxylation is 1. The van der Waals surface area contributed by atoms with Crippen LogP contribution in [-0.4, -0.2) is 12.2 Å². The van der Waals surface area contributed by atoms with Crippen molar-refractivity contribution in [3.63, 3.8) is 0 Å². The molecule has 0 saturated heterocycles. The topological polar surface area (TPSA) is 38.7 Å². The number of hydrogen-bond donors (Lipinski definition) is 1. The molecule has 1 aliphatic heterocycles. The van der Waals surface area contributed by atoms with Crippen LogP contribution in [0.15, 0.2) is 42.5 Å². The third-order valence-electron chi connectivity index (χ3n) is 3.46. The van der Waals surface area contributed by atoms with Crippen LogP contribution >= 0.6 is 0 Å². The van der Waals surface area contributed by atoms with Crippen molar-refractivity contribution in [2.75, 3.05) is 7.11 Å².